The second kappa shape index (κ2) is 6.05. The van der Waals surface area contributed by atoms with Crippen molar-refractivity contribution < 1.29 is 9.00 Å². The van der Waals surface area contributed by atoms with Gasteiger partial charge in [-0.1, -0.05) is 24.3 Å². The zero-order valence-electron chi connectivity index (χ0n) is 12.7. The molecule has 0 unspecified atom stereocenters. The number of hydrogen-bond acceptors (Lipinski definition) is 2. The molecule has 1 aliphatic carbocycles. The molecule has 22 heavy (non-hydrogen) atoms. The number of aryl methyl sites for hydroxylation is 1. The van der Waals surface area contributed by atoms with Crippen LogP contribution in [0.1, 0.15) is 23.5 Å². The highest BCUT2D eigenvalue weighted by molar-refractivity contribution is 7.84. The second-order valence-electron chi connectivity index (χ2n) is 5.77. The summed E-state index contributed by atoms with van der Waals surface area (Å²) in [6.07, 6.45) is 2.55. The molecule has 2 aromatic rings. The number of carbonyl (C=O) groups excluding carboxylic acids is 1. The molecule has 1 saturated carbocycles. The zero-order valence-corrected chi connectivity index (χ0v) is 13.5. The van der Waals surface area contributed by atoms with E-state index in [2.05, 4.69) is 24.4 Å². The van der Waals surface area contributed by atoms with Gasteiger partial charge in [-0.05, 0) is 54.7 Å². The molecule has 3 nitrogen and oxygen atoms in total. The van der Waals surface area contributed by atoms with E-state index in [1.165, 1.54) is 11.1 Å². The van der Waals surface area contributed by atoms with Gasteiger partial charge in [-0.15, -0.1) is 0 Å². The molecule has 1 amide bonds. The van der Waals surface area contributed by atoms with Crippen LogP contribution in [0.4, 0.5) is 5.69 Å². The van der Waals surface area contributed by atoms with E-state index in [4.69, 9.17) is 0 Å². The van der Waals surface area contributed by atoms with Crippen LogP contribution in [0.25, 0.3) is 0 Å². The van der Waals surface area contributed by atoms with Crippen molar-refractivity contribution >= 4 is 22.4 Å². The standard InChI is InChI=1S/C18H19NO2S/c1-12-5-3-4-6-15(12)16-11-17(16)18(20)19-13-7-9-14(10-8-13)22(2)21/h3-10,16-17H,11H2,1-2H3,(H,19,20)/t16-,17-,22-/m0/s1. The van der Waals surface area contributed by atoms with Gasteiger partial charge in [0.15, 0.2) is 0 Å². The van der Waals surface area contributed by atoms with Gasteiger partial charge < -0.3 is 5.32 Å². The minimum Gasteiger partial charge on any atom is -0.326 e. The van der Waals surface area contributed by atoms with Crippen molar-refractivity contribution in [3.05, 3.63) is 59.7 Å². The average molecular weight is 313 g/mol. The molecule has 114 valence electrons. The first-order valence-corrected chi connectivity index (χ1v) is 8.92. The van der Waals surface area contributed by atoms with Crippen molar-refractivity contribution in [1.29, 1.82) is 0 Å². The third kappa shape index (κ3) is 3.12. The largest absolute Gasteiger partial charge is 0.326 e. The van der Waals surface area contributed by atoms with Crippen LogP contribution in [-0.2, 0) is 15.6 Å². The molecule has 1 fully saturated rings. The van der Waals surface area contributed by atoms with Gasteiger partial charge in [0.25, 0.3) is 0 Å². The average Bonchev–Trinajstić information content (AvgIpc) is 3.28. The molecule has 1 N–H and O–H groups in total. The minimum atomic E-state index is -0.992. The Kier molecular flexibility index (Phi) is 4.12. The fourth-order valence-electron chi connectivity index (χ4n) is 2.80. The smallest absolute Gasteiger partial charge is 0.228 e. The first-order chi connectivity index (χ1) is 10.6. The maximum Gasteiger partial charge on any atom is 0.228 e. The minimum absolute atomic E-state index is 0.0566. The lowest BCUT2D eigenvalue weighted by Gasteiger charge is -2.07. The highest BCUT2D eigenvalue weighted by atomic mass is 32.2. The van der Waals surface area contributed by atoms with Crippen molar-refractivity contribution in [2.24, 2.45) is 5.92 Å². The van der Waals surface area contributed by atoms with E-state index in [0.29, 0.717) is 5.92 Å². The summed E-state index contributed by atoms with van der Waals surface area (Å²) in [6, 6.07) is 15.4. The van der Waals surface area contributed by atoms with E-state index < -0.39 is 10.8 Å². The maximum atomic E-state index is 12.3. The number of rotatable bonds is 4. The fourth-order valence-corrected chi connectivity index (χ4v) is 3.32. The van der Waals surface area contributed by atoms with E-state index in [1.54, 1.807) is 30.5 Å². The van der Waals surface area contributed by atoms with Crippen LogP contribution in [0.5, 0.6) is 0 Å². The third-order valence-electron chi connectivity index (χ3n) is 4.17. The van der Waals surface area contributed by atoms with E-state index in [0.717, 1.165) is 17.0 Å². The monoisotopic (exact) mass is 313 g/mol. The summed E-state index contributed by atoms with van der Waals surface area (Å²) in [5, 5.41) is 2.95. The summed E-state index contributed by atoms with van der Waals surface area (Å²) >= 11 is 0. The van der Waals surface area contributed by atoms with Crippen molar-refractivity contribution in [3.8, 4) is 0 Å². The Balaban J connectivity index is 1.64. The maximum absolute atomic E-state index is 12.3. The van der Waals surface area contributed by atoms with Crippen LogP contribution < -0.4 is 5.32 Å². The predicted molar refractivity (Wildman–Crippen MR) is 89.4 cm³/mol. The Labute approximate surface area is 133 Å². The van der Waals surface area contributed by atoms with Crippen molar-refractivity contribution in [2.45, 2.75) is 24.2 Å². The van der Waals surface area contributed by atoms with Gasteiger partial charge in [0.05, 0.1) is 0 Å². The summed E-state index contributed by atoms with van der Waals surface area (Å²) in [7, 11) is -0.992. The SMILES string of the molecule is Cc1ccccc1[C@@H]1C[C@@H]1C(=O)Nc1ccc([S@](C)=O)cc1. The number of benzene rings is 2. The van der Waals surface area contributed by atoms with E-state index in [-0.39, 0.29) is 11.8 Å². The molecule has 2 aromatic carbocycles. The van der Waals surface area contributed by atoms with E-state index in [1.807, 2.05) is 12.1 Å². The van der Waals surface area contributed by atoms with Crippen LogP contribution in [0.3, 0.4) is 0 Å². The summed E-state index contributed by atoms with van der Waals surface area (Å²) in [4.78, 5) is 13.1. The molecule has 0 heterocycles. The summed E-state index contributed by atoms with van der Waals surface area (Å²) < 4.78 is 11.4. The third-order valence-corrected chi connectivity index (χ3v) is 5.10. The fraction of sp³-hybridized carbons (Fsp3) is 0.278. The van der Waals surface area contributed by atoms with E-state index in [9.17, 15) is 9.00 Å². The molecular weight excluding hydrogens is 294 g/mol. The second-order valence-corrected chi connectivity index (χ2v) is 7.15. The van der Waals surface area contributed by atoms with Gasteiger partial charge >= 0.3 is 0 Å². The molecule has 1 aliphatic rings. The highest BCUT2D eigenvalue weighted by Gasteiger charge is 2.44. The first kappa shape index (κ1) is 15.0. The van der Waals surface area contributed by atoms with Gasteiger partial charge in [0, 0.05) is 33.6 Å². The Morgan fingerprint density at radius 2 is 1.82 bits per heavy atom. The Hall–Kier alpha value is -1.94. The Morgan fingerprint density at radius 3 is 2.45 bits per heavy atom. The van der Waals surface area contributed by atoms with Crippen molar-refractivity contribution in [3.63, 3.8) is 0 Å². The van der Waals surface area contributed by atoms with Gasteiger partial charge in [-0.2, -0.15) is 0 Å². The first-order valence-electron chi connectivity index (χ1n) is 7.36. The zero-order chi connectivity index (χ0) is 15.7. The van der Waals surface area contributed by atoms with Gasteiger partial charge in [-0.3, -0.25) is 9.00 Å². The van der Waals surface area contributed by atoms with Gasteiger partial charge in [-0.25, -0.2) is 0 Å². The van der Waals surface area contributed by atoms with Crippen LogP contribution in [0, 0.1) is 12.8 Å². The normalized spacial score (nSPS) is 21.2. The summed E-state index contributed by atoms with van der Waals surface area (Å²) in [5.74, 6) is 0.461. The summed E-state index contributed by atoms with van der Waals surface area (Å²) in [6.45, 7) is 2.09. The molecule has 3 rings (SSSR count). The molecule has 0 aromatic heterocycles. The molecule has 4 heteroatoms. The number of carbonyl (C=O) groups is 1. The van der Waals surface area contributed by atoms with Gasteiger partial charge in [0.2, 0.25) is 5.91 Å². The molecule has 0 bridgehead atoms. The number of nitrogens with one attached hydrogen (secondary N) is 1. The van der Waals surface area contributed by atoms with Gasteiger partial charge in [0.1, 0.15) is 0 Å². The van der Waals surface area contributed by atoms with Crippen LogP contribution >= 0.6 is 0 Å². The lowest BCUT2D eigenvalue weighted by atomic mass is 10.0. The number of anilines is 1. The highest BCUT2D eigenvalue weighted by Crippen LogP contribution is 2.48. The Morgan fingerprint density at radius 1 is 1.14 bits per heavy atom. The van der Waals surface area contributed by atoms with Crippen LogP contribution in [-0.4, -0.2) is 16.4 Å². The number of hydrogen-bond donors (Lipinski definition) is 1. The van der Waals surface area contributed by atoms with Crippen molar-refractivity contribution in [1.82, 2.24) is 0 Å². The summed E-state index contributed by atoms with van der Waals surface area (Å²) in [5.41, 5.74) is 3.28. The molecule has 0 aliphatic heterocycles. The van der Waals surface area contributed by atoms with Crippen LogP contribution in [0.15, 0.2) is 53.4 Å². The predicted octanol–water partition coefficient (Wildman–Crippen LogP) is 3.47. The Bertz CT molecular complexity index is 724. The quantitative estimate of drug-likeness (QED) is 0.939. The molecule has 0 spiro atoms. The van der Waals surface area contributed by atoms with Crippen LogP contribution in [0.2, 0.25) is 0 Å². The number of amides is 1. The van der Waals surface area contributed by atoms with Crippen molar-refractivity contribution in [2.75, 3.05) is 11.6 Å². The topological polar surface area (TPSA) is 46.2 Å². The van der Waals surface area contributed by atoms with E-state index >= 15 is 0 Å². The molecular formula is C18H19NO2S. The lowest BCUT2D eigenvalue weighted by molar-refractivity contribution is -0.117. The molecule has 0 radical (unpaired) electrons. The molecule has 0 saturated heterocycles. The lowest BCUT2D eigenvalue weighted by Crippen LogP contribution is -2.14. The molecule has 3 atom stereocenters.